The molecule has 0 spiro atoms. The molecule has 0 radical (unpaired) electrons. The number of thioether (sulfide) groups is 1. The Morgan fingerprint density at radius 2 is 1.97 bits per heavy atom. The first-order chi connectivity index (χ1) is 14.9. The second-order valence-electron chi connectivity index (χ2n) is 6.81. The van der Waals surface area contributed by atoms with E-state index < -0.39 is 9.84 Å². The van der Waals surface area contributed by atoms with Crippen LogP contribution in [0.5, 0.6) is 0 Å². The molecule has 0 saturated heterocycles. The summed E-state index contributed by atoms with van der Waals surface area (Å²) in [5, 5.41) is 0. The molecule has 1 amide bonds. The molecular weight excluding hydrogens is 452 g/mol. The zero-order chi connectivity index (χ0) is 22.3. The summed E-state index contributed by atoms with van der Waals surface area (Å²) in [6.07, 6.45) is 2.35. The molecule has 0 N–H and O–H groups in total. The molecule has 0 atom stereocenters. The lowest BCUT2D eigenvalue weighted by Crippen LogP contribution is -2.20. The van der Waals surface area contributed by atoms with Crippen LogP contribution in [0.25, 0.3) is 10.2 Å². The van der Waals surface area contributed by atoms with Gasteiger partial charge in [0.25, 0.3) is 0 Å². The van der Waals surface area contributed by atoms with Crippen molar-refractivity contribution in [3.8, 4) is 0 Å². The fourth-order valence-electron chi connectivity index (χ4n) is 3.10. The van der Waals surface area contributed by atoms with Crippen molar-refractivity contribution in [1.29, 1.82) is 0 Å². The standard InChI is InChI=1S/C22H26N2O4S3/c1-3-28-14-13-24-19-12-11-17(29-2)16-20(19)30-22(24)23-21(25)10-7-15-31(26,27)18-8-5-4-6-9-18/h4-6,8-9,11-12,16H,3,7,10,13-15H2,1-2H3. The number of amides is 1. The number of hydrogen-bond donors (Lipinski definition) is 0. The second-order valence-corrected chi connectivity index (χ2v) is 10.8. The third-order valence-corrected chi connectivity index (χ3v) is 8.26. The summed E-state index contributed by atoms with van der Waals surface area (Å²) in [5.74, 6) is -0.392. The second kappa shape index (κ2) is 11.1. The number of rotatable bonds is 10. The quantitative estimate of drug-likeness (QED) is 0.323. The van der Waals surface area contributed by atoms with Crippen LogP contribution < -0.4 is 4.80 Å². The summed E-state index contributed by atoms with van der Waals surface area (Å²) in [7, 11) is -3.40. The summed E-state index contributed by atoms with van der Waals surface area (Å²) in [4.78, 5) is 18.9. The number of thiazole rings is 1. The monoisotopic (exact) mass is 478 g/mol. The highest BCUT2D eigenvalue weighted by molar-refractivity contribution is 7.98. The molecule has 0 aliphatic rings. The molecular formula is C22H26N2O4S3. The number of ether oxygens (including phenoxy) is 1. The van der Waals surface area contributed by atoms with Gasteiger partial charge in [-0.1, -0.05) is 29.5 Å². The average Bonchev–Trinajstić information content (AvgIpc) is 3.10. The molecule has 2 aromatic carbocycles. The van der Waals surface area contributed by atoms with Crippen LogP contribution in [0.1, 0.15) is 19.8 Å². The van der Waals surface area contributed by atoms with Crippen molar-refractivity contribution in [3.63, 3.8) is 0 Å². The zero-order valence-electron chi connectivity index (χ0n) is 17.6. The van der Waals surface area contributed by atoms with Gasteiger partial charge in [0.15, 0.2) is 14.6 Å². The van der Waals surface area contributed by atoms with Crippen molar-refractivity contribution < 1.29 is 17.9 Å². The molecule has 0 aliphatic carbocycles. The minimum absolute atomic E-state index is 0.0773. The Hall–Kier alpha value is -1.94. The highest BCUT2D eigenvalue weighted by Gasteiger charge is 2.15. The summed E-state index contributed by atoms with van der Waals surface area (Å²) in [6.45, 7) is 3.70. The van der Waals surface area contributed by atoms with Crippen molar-refractivity contribution in [1.82, 2.24) is 4.57 Å². The molecule has 3 aromatic rings. The number of benzene rings is 2. The van der Waals surface area contributed by atoms with Gasteiger partial charge in [-0.25, -0.2) is 8.42 Å². The Morgan fingerprint density at radius 3 is 2.68 bits per heavy atom. The number of nitrogens with zero attached hydrogens (tertiary/aromatic N) is 2. The van der Waals surface area contributed by atoms with Crippen LogP contribution >= 0.6 is 23.1 Å². The lowest BCUT2D eigenvalue weighted by atomic mass is 10.3. The van der Waals surface area contributed by atoms with E-state index in [2.05, 4.69) is 17.1 Å². The van der Waals surface area contributed by atoms with Crippen LogP contribution in [0.4, 0.5) is 0 Å². The van der Waals surface area contributed by atoms with Crippen LogP contribution in [0.15, 0.2) is 63.3 Å². The van der Waals surface area contributed by atoms with Crippen LogP contribution in [-0.2, 0) is 25.9 Å². The predicted octanol–water partition coefficient (Wildman–Crippen LogP) is 4.14. The molecule has 0 saturated carbocycles. The molecule has 3 rings (SSSR count). The van der Waals surface area contributed by atoms with E-state index in [1.165, 1.54) is 11.3 Å². The lowest BCUT2D eigenvalue weighted by Gasteiger charge is -2.06. The third kappa shape index (κ3) is 6.29. The summed E-state index contributed by atoms with van der Waals surface area (Å²) >= 11 is 3.13. The van der Waals surface area contributed by atoms with Gasteiger partial charge in [-0.05, 0) is 49.9 Å². The van der Waals surface area contributed by atoms with Gasteiger partial charge in [0.1, 0.15) is 0 Å². The van der Waals surface area contributed by atoms with Gasteiger partial charge in [-0.2, -0.15) is 4.99 Å². The van der Waals surface area contributed by atoms with E-state index >= 15 is 0 Å². The highest BCUT2D eigenvalue weighted by Crippen LogP contribution is 2.24. The van der Waals surface area contributed by atoms with Crippen LogP contribution in [-0.4, -0.2) is 44.1 Å². The van der Waals surface area contributed by atoms with Crippen LogP contribution in [0.2, 0.25) is 0 Å². The SMILES string of the molecule is CCOCCn1c(=NC(=O)CCCS(=O)(=O)c2ccccc2)sc2cc(SC)ccc21. The van der Waals surface area contributed by atoms with E-state index in [-0.39, 0.29) is 29.4 Å². The molecule has 1 heterocycles. The molecule has 0 bridgehead atoms. The minimum atomic E-state index is -3.40. The number of sulfone groups is 1. The first-order valence-electron chi connectivity index (χ1n) is 10.0. The van der Waals surface area contributed by atoms with E-state index in [0.29, 0.717) is 24.6 Å². The smallest absolute Gasteiger partial charge is 0.248 e. The van der Waals surface area contributed by atoms with Crippen molar-refractivity contribution in [2.75, 3.05) is 25.2 Å². The maximum Gasteiger partial charge on any atom is 0.248 e. The van der Waals surface area contributed by atoms with Gasteiger partial charge in [-0.15, -0.1) is 11.8 Å². The van der Waals surface area contributed by atoms with Gasteiger partial charge >= 0.3 is 0 Å². The van der Waals surface area contributed by atoms with Crippen molar-refractivity contribution in [2.45, 2.75) is 36.1 Å². The van der Waals surface area contributed by atoms with E-state index in [1.54, 1.807) is 42.1 Å². The molecule has 0 aliphatic heterocycles. The number of carbonyl (C=O) groups excluding carboxylic acids is 1. The average molecular weight is 479 g/mol. The van der Waals surface area contributed by atoms with Gasteiger partial charge in [0.2, 0.25) is 5.91 Å². The Balaban J connectivity index is 1.77. The summed E-state index contributed by atoms with van der Waals surface area (Å²) < 4.78 is 33.3. The van der Waals surface area contributed by atoms with Gasteiger partial charge < -0.3 is 9.30 Å². The predicted molar refractivity (Wildman–Crippen MR) is 126 cm³/mol. The fraction of sp³-hybridized carbons (Fsp3) is 0.364. The molecule has 0 fully saturated rings. The number of hydrogen-bond acceptors (Lipinski definition) is 6. The van der Waals surface area contributed by atoms with Gasteiger partial charge in [0.05, 0.1) is 27.5 Å². The minimum Gasteiger partial charge on any atom is -0.380 e. The molecule has 6 nitrogen and oxygen atoms in total. The first kappa shape index (κ1) is 23.7. The molecule has 0 unspecified atom stereocenters. The molecule has 166 valence electrons. The third-order valence-electron chi connectivity index (χ3n) is 4.68. The van der Waals surface area contributed by atoms with Crippen LogP contribution in [0, 0.1) is 0 Å². The lowest BCUT2D eigenvalue weighted by molar-refractivity contribution is -0.118. The largest absolute Gasteiger partial charge is 0.380 e. The fourth-order valence-corrected chi connectivity index (χ4v) is 6.06. The number of carbonyl (C=O) groups is 1. The molecule has 9 heteroatoms. The Morgan fingerprint density at radius 1 is 1.19 bits per heavy atom. The van der Waals surface area contributed by atoms with Crippen LogP contribution in [0.3, 0.4) is 0 Å². The topological polar surface area (TPSA) is 77.7 Å². The normalized spacial score (nSPS) is 12.5. The first-order valence-corrected chi connectivity index (χ1v) is 13.7. The Labute approximate surface area is 190 Å². The maximum absolute atomic E-state index is 12.5. The van der Waals surface area contributed by atoms with E-state index in [9.17, 15) is 13.2 Å². The maximum atomic E-state index is 12.5. The number of aromatic nitrogens is 1. The number of fused-ring (bicyclic) bond motifs is 1. The van der Waals surface area contributed by atoms with Crippen molar-refractivity contribution >= 4 is 49.1 Å². The van der Waals surface area contributed by atoms with E-state index in [1.807, 2.05) is 23.8 Å². The van der Waals surface area contributed by atoms with Crippen molar-refractivity contribution in [3.05, 3.63) is 53.3 Å². The summed E-state index contributed by atoms with van der Waals surface area (Å²) in [5.41, 5.74) is 1.01. The zero-order valence-corrected chi connectivity index (χ0v) is 20.1. The van der Waals surface area contributed by atoms with E-state index in [0.717, 1.165) is 15.1 Å². The summed E-state index contributed by atoms with van der Waals surface area (Å²) in [6, 6.07) is 14.5. The van der Waals surface area contributed by atoms with Gasteiger partial charge in [0, 0.05) is 24.5 Å². The van der Waals surface area contributed by atoms with E-state index in [4.69, 9.17) is 4.74 Å². The highest BCUT2D eigenvalue weighted by atomic mass is 32.2. The Kier molecular flexibility index (Phi) is 8.48. The Bertz CT molecular complexity index is 1200. The van der Waals surface area contributed by atoms with Crippen molar-refractivity contribution in [2.24, 2.45) is 4.99 Å². The molecule has 31 heavy (non-hydrogen) atoms. The molecule has 1 aromatic heterocycles. The van der Waals surface area contributed by atoms with Gasteiger partial charge in [-0.3, -0.25) is 4.79 Å².